The molecular formula is C16H23N5O3. The Hall–Kier alpha value is -2.38. The highest BCUT2D eigenvalue weighted by atomic mass is 16.5. The van der Waals surface area contributed by atoms with Crippen LogP contribution in [-0.2, 0) is 9.59 Å². The van der Waals surface area contributed by atoms with Gasteiger partial charge in [0, 0.05) is 39.5 Å². The largest absolute Gasteiger partial charge is 0.470 e. The van der Waals surface area contributed by atoms with Crippen molar-refractivity contribution in [3.05, 3.63) is 12.4 Å². The number of amides is 2. The molecule has 0 bridgehead atoms. The van der Waals surface area contributed by atoms with Crippen LogP contribution in [0.15, 0.2) is 12.4 Å². The molecule has 8 nitrogen and oxygen atoms in total. The van der Waals surface area contributed by atoms with E-state index in [1.165, 1.54) is 0 Å². The summed E-state index contributed by atoms with van der Waals surface area (Å²) in [6.07, 6.45) is 5.85. The fourth-order valence-corrected chi connectivity index (χ4v) is 3.12. The maximum atomic E-state index is 12.5. The van der Waals surface area contributed by atoms with Crippen molar-refractivity contribution in [3.8, 4) is 5.88 Å². The lowest BCUT2D eigenvalue weighted by Gasteiger charge is -2.34. The highest BCUT2D eigenvalue weighted by Gasteiger charge is 2.34. The summed E-state index contributed by atoms with van der Waals surface area (Å²) in [6.45, 7) is 1.21. The number of nitrogens with zero attached hydrogens (tertiary/aromatic N) is 4. The lowest BCUT2D eigenvalue weighted by molar-refractivity contribution is -0.136. The van der Waals surface area contributed by atoms with Gasteiger partial charge in [0.25, 0.3) is 5.88 Å². The lowest BCUT2D eigenvalue weighted by Crippen LogP contribution is -2.50. The Balaban J connectivity index is 1.64. The lowest BCUT2D eigenvalue weighted by atomic mass is 10.1. The summed E-state index contributed by atoms with van der Waals surface area (Å²) in [4.78, 5) is 36.0. The molecule has 2 fully saturated rings. The predicted octanol–water partition coefficient (Wildman–Crippen LogP) is 0.191. The van der Waals surface area contributed by atoms with Gasteiger partial charge in [-0.25, -0.2) is 9.97 Å². The van der Waals surface area contributed by atoms with E-state index < -0.39 is 0 Å². The van der Waals surface area contributed by atoms with Crippen LogP contribution in [0.3, 0.4) is 0 Å². The average molecular weight is 333 g/mol. The number of rotatable bonds is 4. The van der Waals surface area contributed by atoms with Crippen molar-refractivity contribution >= 4 is 17.6 Å². The normalized spacial score (nSPS) is 23.8. The molecule has 8 heteroatoms. The molecule has 1 aromatic heterocycles. The second kappa shape index (κ2) is 7.02. The van der Waals surface area contributed by atoms with Crippen LogP contribution in [0.5, 0.6) is 5.88 Å². The molecule has 2 atom stereocenters. The molecule has 3 heterocycles. The Morgan fingerprint density at radius 3 is 2.83 bits per heavy atom. The highest BCUT2D eigenvalue weighted by Crippen LogP contribution is 2.24. The first kappa shape index (κ1) is 16.5. The van der Waals surface area contributed by atoms with Crippen molar-refractivity contribution in [2.24, 2.45) is 0 Å². The van der Waals surface area contributed by atoms with Crippen molar-refractivity contribution in [1.82, 2.24) is 20.2 Å². The second-order valence-corrected chi connectivity index (χ2v) is 6.40. The van der Waals surface area contributed by atoms with E-state index in [0.29, 0.717) is 37.6 Å². The van der Waals surface area contributed by atoms with Gasteiger partial charge in [-0.2, -0.15) is 0 Å². The molecule has 0 unspecified atom stereocenters. The fraction of sp³-hybridized carbons (Fsp3) is 0.625. The maximum absolute atomic E-state index is 12.5. The number of aromatic nitrogens is 2. The quantitative estimate of drug-likeness (QED) is 0.846. The highest BCUT2D eigenvalue weighted by molar-refractivity contribution is 5.90. The number of nitrogens with one attached hydrogen (secondary N) is 1. The van der Waals surface area contributed by atoms with Crippen molar-refractivity contribution < 1.29 is 14.3 Å². The van der Waals surface area contributed by atoms with Crippen molar-refractivity contribution in [2.45, 2.75) is 37.8 Å². The molecule has 1 N–H and O–H groups in total. The average Bonchev–Trinajstić information content (AvgIpc) is 3.01. The topological polar surface area (TPSA) is 87.7 Å². The maximum Gasteiger partial charge on any atom is 0.257 e. The van der Waals surface area contributed by atoms with Crippen LogP contribution >= 0.6 is 0 Å². The van der Waals surface area contributed by atoms with Gasteiger partial charge in [0.15, 0.2) is 5.82 Å². The molecule has 0 aliphatic carbocycles. The van der Waals surface area contributed by atoms with E-state index >= 15 is 0 Å². The van der Waals surface area contributed by atoms with Crippen molar-refractivity contribution in [1.29, 1.82) is 0 Å². The first-order chi connectivity index (χ1) is 11.5. The van der Waals surface area contributed by atoms with E-state index in [1.807, 2.05) is 19.0 Å². The third kappa shape index (κ3) is 3.58. The Bertz CT molecular complexity index is 621. The van der Waals surface area contributed by atoms with E-state index in [2.05, 4.69) is 15.3 Å². The number of hydrogen-bond acceptors (Lipinski definition) is 6. The zero-order chi connectivity index (χ0) is 17.1. The summed E-state index contributed by atoms with van der Waals surface area (Å²) in [5, 5.41) is 2.74. The van der Waals surface area contributed by atoms with Gasteiger partial charge >= 0.3 is 0 Å². The van der Waals surface area contributed by atoms with E-state index in [0.717, 1.165) is 12.8 Å². The summed E-state index contributed by atoms with van der Waals surface area (Å²) < 4.78 is 6.02. The number of piperidine rings is 1. The number of carbonyl (C=O) groups excluding carboxylic acids is 2. The summed E-state index contributed by atoms with van der Waals surface area (Å²) >= 11 is 0. The Morgan fingerprint density at radius 1 is 1.33 bits per heavy atom. The van der Waals surface area contributed by atoms with Gasteiger partial charge in [0.05, 0.1) is 6.54 Å². The predicted molar refractivity (Wildman–Crippen MR) is 87.8 cm³/mol. The standard InChI is InChI=1S/C16H23N5O3/c1-20(2)14-15(18-8-7-17-14)24-11-4-3-9-21(10-11)16(23)12-5-6-13(22)19-12/h7-8,11-12H,3-6,9-10H2,1-2H3,(H,19,22)/t11-,12+/m0/s1. The molecule has 24 heavy (non-hydrogen) atoms. The van der Waals surface area contributed by atoms with Gasteiger partial charge in [-0.1, -0.05) is 0 Å². The smallest absolute Gasteiger partial charge is 0.257 e. The van der Waals surface area contributed by atoms with Crippen molar-refractivity contribution in [2.75, 3.05) is 32.1 Å². The fourth-order valence-electron chi connectivity index (χ4n) is 3.12. The summed E-state index contributed by atoms with van der Waals surface area (Å²) in [6, 6.07) is -0.384. The molecule has 0 spiro atoms. The minimum Gasteiger partial charge on any atom is -0.470 e. The molecule has 0 radical (unpaired) electrons. The summed E-state index contributed by atoms with van der Waals surface area (Å²) in [7, 11) is 3.77. The van der Waals surface area contributed by atoms with Gasteiger partial charge in [-0.3, -0.25) is 9.59 Å². The van der Waals surface area contributed by atoms with Gasteiger partial charge in [-0.15, -0.1) is 0 Å². The Morgan fingerprint density at radius 2 is 2.12 bits per heavy atom. The first-order valence-corrected chi connectivity index (χ1v) is 8.27. The van der Waals surface area contributed by atoms with Crippen LogP contribution in [0.4, 0.5) is 5.82 Å². The molecule has 3 rings (SSSR count). The SMILES string of the molecule is CN(C)c1nccnc1O[C@H]1CCCN(C(=O)[C@H]2CCC(=O)N2)C1. The third-order valence-corrected chi connectivity index (χ3v) is 4.33. The number of likely N-dealkylation sites (tertiary alicyclic amines) is 1. The summed E-state index contributed by atoms with van der Waals surface area (Å²) in [5.41, 5.74) is 0. The zero-order valence-electron chi connectivity index (χ0n) is 14.1. The molecule has 2 aliphatic rings. The van der Waals surface area contributed by atoms with Crippen LogP contribution in [0.2, 0.25) is 0 Å². The molecule has 130 valence electrons. The van der Waals surface area contributed by atoms with E-state index in [4.69, 9.17) is 4.74 Å². The van der Waals surface area contributed by atoms with Gasteiger partial charge < -0.3 is 19.9 Å². The number of carbonyl (C=O) groups is 2. The molecule has 0 saturated carbocycles. The number of hydrogen-bond donors (Lipinski definition) is 1. The van der Waals surface area contributed by atoms with Gasteiger partial charge in [-0.05, 0) is 19.3 Å². The number of anilines is 1. The third-order valence-electron chi connectivity index (χ3n) is 4.33. The Kier molecular flexibility index (Phi) is 4.82. The zero-order valence-corrected chi connectivity index (χ0v) is 14.1. The molecule has 1 aromatic rings. The van der Waals surface area contributed by atoms with Gasteiger partial charge in [0.1, 0.15) is 12.1 Å². The van der Waals surface area contributed by atoms with Crippen molar-refractivity contribution in [3.63, 3.8) is 0 Å². The van der Waals surface area contributed by atoms with Crippen LogP contribution in [0, 0.1) is 0 Å². The van der Waals surface area contributed by atoms with Crippen LogP contribution in [-0.4, -0.2) is 66.0 Å². The number of ether oxygens (including phenoxy) is 1. The van der Waals surface area contributed by atoms with E-state index in [9.17, 15) is 9.59 Å². The first-order valence-electron chi connectivity index (χ1n) is 8.27. The molecule has 2 amide bonds. The molecular weight excluding hydrogens is 310 g/mol. The molecule has 2 aliphatic heterocycles. The monoisotopic (exact) mass is 333 g/mol. The van der Waals surface area contributed by atoms with Crippen LogP contribution < -0.4 is 15.0 Å². The van der Waals surface area contributed by atoms with E-state index in [1.54, 1.807) is 17.3 Å². The minimum absolute atomic E-state index is 0.0128. The molecule has 0 aromatic carbocycles. The van der Waals surface area contributed by atoms with Crippen LogP contribution in [0.1, 0.15) is 25.7 Å². The van der Waals surface area contributed by atoms with Crippen LogP contribution in [0.25, 0.3) is 0 Å². The summed E-state index contributed by atoms with van der Waals surface area (Å²) in [5.74, 6) is 1.09. The van der Waals surface area contributed by atoms with Gasteiger partial charge in [0.2, 0.25) is 11.8 Å². The second-order valence-electron chi connectivity index (χ2n) is 6.40. The minimum atomic E-state index is -0.384. The Labute approximate surface area is 141 Å². The molecule has 2 saturated heterocycles. The van der Waals surface area contributed by atoms with E-state index in [-0.39, 0.29) is 24.0 Å².